The van der Waals surface area contributed by atoms with Gasteiger partial charge >= 0.3 is 0 Å². The highest BCUT2D eigenvalue weighted by atomic mass is 16.5. The third kappa shape index (κ3) is 5.44. The minimum Gasteiger partial charge on any atom is -0.383 e. The van der Waals surface area contributed by atoms with Crippen LogP contribution in [0, 0.1) is 5.92 Å². The molecule has 1 rings (SSSR count). The largest absolute Gasteiger partial charge is 0.383 e. The van der Waals surface area contributed by atoms with Crippen LogP contribution >= 0.6 is 0 Å². The van der Waals surface area contributed by atoms with Crippen LogP contribution in [-0.2, 0) is 9.53 Å². The Morgan fingerprint density at radius 2 is 2.25 bits per heavy atom. The summed E-state index contributed by atoms with van der Waals surface area (Å²) in [7, 11) is 3.73. The summed E-state index contributed by atoms with van der Waals surface area (Å²) in [5.74, 6) is 0.720. The predicted molar refractivity (Wildman–Crippen MR) is 63.4 cm³/mol. The quantitative estimate of drug-likeness (QED) is 0.577. The number of ether oxygens (including phenoxy) is 1. The molecule has 1 aliphatic heterocycles. The van der Waals surface area contributed by atoms with E-state index in [0.717, 1.165) is 39.3 Å². The average molecular weight is 229 g/mol. The van der Waals surface area contributed by atoms with Gasteiger partial charge in [-0.05, 0) is 26.1 Å². The molecular formula is C11H23N3O2. The second-order valence-corrected chi connectivity index (χ2v) is 4.37. The summed E-state index contributed by atoms with van der Waals surface area (Å²) in [5.41, 5.74) is 0. The van der Waals surface area contributed by atoms with Gasteiger partial charge in [0.15, 0.2) is 0 Å². The number of likely N-dealkylation sites (N-methyl/N-ethyl adjacent to an activating group) is 1. The maximum atomic E-state index is 11.5. The molecular weight excluding hydrogens is 206 g/mol. The monoisotopic (exact) mass is 229 g/mol. The molecule has 0 aliphatic carbocycles. The minimum absolute atomic E-state index is 0.173. The first-order valence-electron chi connectivity index (χ1n) is 5.87. The topological polar surface area (TPSA) is 53.6 Å². The molecule has 16 heavy (non-hydrogen) atoms. The van der Waals surface area contributed by atoms with Crippen LogP contribution < -0.4 is 10.6 Å². The number of amides is 1. The van der Waals surface area contributed by atoms with E-state index in [0.29, 0.717) is 12.3 Å². The number of methoxy groups -OCH3 is 1. The fourth-order valence-electron chi connectivity index (χ4n) is 1.57. The molecule has 1 aliphatic rings. The van der Waals surface area contributed by atoms with Crippen molar-refractivity contribution in [2.45, 2.75) is 6.42 Å². The van der Waals surface area contributed by atoms with Gasteiger partial charge in [-0.3, -0.25) is 4.79 Å². The molecule has 0 aromatic rings. The fraction of sp³-hybridized carbons (Fsp3) is 0.909. The van der Waals surface area contributed by atoms with Gasteiger partial charge < -0.3 is 20.3 Å². The minimum atomic E-state index is 0.173. The number of hydrogen-bond donors (Lipinski definition) is 2. The molecule has 1 amide bonds. The Bertz CT molecular complexity index is 207. The van der Waals surface area contributed by atoms with Crippen LogP contribution in [0.2, 0.25) is 0 Å². The van der Waals surface area contributed by atoms with Gasteiger partial charge in [0.1, 0.15) is 0 Å². The maximum Gasteiger partial charge on any atom is 0.220 e. The number of carbonyl (C=O) groups is 1. The van der Waals surface area contributed by atoms with Gasteiger partial charge in [-0.1, -0.05) is 0 Å². The molecule has 1 saturated heterocycles. The van der Waals surface area contributed by atoms with Crippen LogP contribution in [0.3, 0.4) is 0 Å². The van der Waals surface area contributed by atoms with Crippen LogP contribution in [0.15, 0.2) is 0 Å². The third-order valence-electron chi connectivity index (χ3n) is 2.83. The second kappa shape index (κ2) is 7.60. The molecule has 5 nitrogen and oxygen atoms in total. The van der Waals surface area contributed by atoms with Crippen LogP contribution in [0.5, 0.6) is 0 Å². The molecule has 1 fully saturated rings. The van der Waals surface area contributed by atoms with Gasteiger partial charge in [0.25, 0.3) is 0 Å². The number of nitrogens with one attached hydrogen (secondary N) is 2. The molecule has 0 spiro atoms. The van der Waals surface area contributed by atoms with E-state index in [-0.39, 0.29) is 5.91 Å². The molecule has 0 bridgehead atoms. The lowest BCUT2D eigenvalue weighted by Gasteiger charge is -2.26. The average Bonchev–Trinajstić information content (AvgIpc) is 2.20. The summed E-state index contributed by atoms with van der Waals surface area (Å²) >= 11 is 0. The van der Waals surface area contributed by atoms with Crippen LogP contribution in [-0.4, -0.2) is 64.3 Å². The number of hydrogen-bond acceptors (Lipinski definition) is 4. The Kier molecular flexibility index (Phi) is 6.37. The lowest BCUT2D eigenvalue weighted by atomic mass is 9.99. The summed E-state index contributed by atoms with van der Waals surface area (Å²) in [6, 6.07) is 0. The second-order valence-electron chi connectivity index (χ2n) is 4.37. The Morgan fingerprint density at radius 1 is 1.50 bits per heavy atom. The van der Waals surface area contributed by atoms with E-state index >= 15 is 0 Å². The molecule has 0 atom stereocenters. The Labute approximate surface area is 97.5 Å². The van der Waals surface area contributed by atoms with Crippen molar-refractivity contribution in [1.82, 2.24) is 15.5 Å². The molecule has 0 saturated carbocycles. The van der Waals surface area contributed by atoms with Crippen molar-refractivity contribution in [3.8, 4) is 0 Å². The molecule has 94 valence electrons. The third-order valence-corrected chi connectivity index (χ3v) is 2.83. The lowest BCUT2D eigenvalue weighted by Crippen LogP contribution is -2.45. The highest BCUT2D eigenvalue weighted by molar-refractivity contribution is 5.76. The van der Waals surface area contributed by atoms with Gasteiger partial charge in [-0.15, -0.1) is 0 Å². The smallest absolute Gasteiger partial charge is 0.220 e. The highest BCUT2D eigenvalue weighted by Gasteiger charge is 2.19. The van der Waals surface area contributed by atoms with Crippen molar-refractivity contribution < 1.29 is 9.53 Å². The molecule has 5 heteroatoms. The summed E-state index contributed by atoms with van der Waals surface area (Å²) in [4.78, 5) is 13.6. The zero-order valence-corrected chi connectivity index (χ0v) is 10.3. The molecule has 0 radical (unpaired) electrons. The zero-order valence-electron chi connectivity index (χ0n) is 10.3. The van der Waals surface area contributed by atoms with Crippen molar-refractivity contribution in [1.29, 1.82) is 0 Å². The summed E-state index contributed by atoms with van der Waals surface area (Å²) in [5, 5.41) is 6.10. The molecule has 1 heterocycles. The van der Waals surface area contributed by atoms with Gasteiger partial charge in [0.05, 0.1) is 6.61 Å². The fourth-order valence-corrected chi connectivity index (χ4v) is 1.57. The first kappa shape index (κ1) is 13.4. The van der Waals surface area contributed by atoms with Gasteiger partial charge in [-0.2, -0.15) is 0 Å². The van der Waals surface area contributed by atoms with Crippen molar-refractivity contribution in [3.05, 3.63) is 0 Å². The van der Waals surface area contributed by atoms with E-state index in [1.807, 2.05) is 7.05 Å². The van der Waals surface area contributed by atoms with Gasteiger partial charge in [-0.25, -0.2) is 0 Å². The van der Waals surface area contributed by atoms with Gasteiger partial charge in [0, 0.05) is 33.2 Å². The summed E-state index contributed by atoms with van der Waals surface area (Å²) in [6.45, 7) is 5.21. The van der Waals surface area contributed by atoms with Crippen LogP contribution in [0.4, 0.5) is 0 Å². The predicted octanol–water partition coefficient (Wildman–Crippen LogP) is -0.710. The molecule has 0 unspecified atom stereocenters. The summed E-state index contributed by atoms with van der Waals surface area (Å²) in [6.07, 6.45) is 0.661. The first-order valence-corrected chi connectivity index (χ1v) is 5.87. The van der Waals surface area contributed by atoms with E-state index in [9.17, 15) is 4.79 Å². The van der Waals surface area contributed by atoms with Crippen molar-refractivity contribution in [2.75, 3.05) is 53.5 Å². The first-order chi connectivity index (χ1) is 7.72. The summed E-state index contributed by atoms with van der Waals surface area (Å²) < 4.78 is 4.98. The van der Waals surface area contributed by atoms with Crippen LogP contribution in [0.1, 0.15) is 6.42 Å². The van der Waals surface area contributed by atoms with E-state index < -0.39 is 0 Å². The number of nitrogens with zero attached hydrogens (tertiary/aromatic N) is 1. The standard InChI is InChI=1S/C11H23N3O2/c1-14(5-6-16-2)4-3-13-11(15)7-10-8-12-9-10/h10,12H,3-9H2,1-2H3,(H,13,15). The van der Waals surface area contributed by atoms with Gasteiger partial charge in [0.2, 0.25) is 5.91 Å². The van der Waals surface area contributed by atoms with Crippen molar-refractivity contribution in [3.63, 3.8) is 0 Å². The molecule has 2 N–H and O–H groups in total. The normalized spacial score (nSPS) is 16.2. The highest BCUT2D eigenvalue weighted by Crippen LogP contribution is 2.07. The number of carbonyl (C=O) groups excluding carboxylic acids is 1. The van der Waals surface area contributed by atoms with Crippen molar-refractivity contribution in [2.24, 2.45) is 5.92 Å². The van der Waals surface area contributed by atoms with Crippen LogP contribution in [0.25, 0.3) is 0 Å². The van der Waals surface area contributed by atoms with Crippen molar-refractivity contribution >= 4 is 5.91 Å². The zero-order chi connectivity index (χ0) is 11.8. The lowest BCUT2D eigenvalue weighted by molar-refractivity contribution is -0.122. The SMILES string of the molecule is COCCN(C)CCNC(=O)CC1CNC1. The molecule has 0 aromatic heterocycles. The Morgan fingerprint density at radius 3 is 2.81 bits per heavy atom. The Hall–Kier alpha value is -0.650. The van der Waals surface area contributed by atoms with E-state index in [2.05, 4.69) is 15.5 Å². The van der Waals surface area contributed by atoms with E-state index in [1.54, 1.807) is 7.11 Å². The van der Waals surface area contributed by atoms with E-state index in [4.69, 9.17) is 4.74 Å². The van der Waals surface area contributed by atoms with E-state index in [1.165, 1.54) is 0 Å². The molecule has 0 aromatic carbocycles. The Balaban J connectivity index is 1.94. The number of rotatable bonds is 8. The maximum absolute atomic E-state index is 11.5.